The molecule has 0 aliphatic rings. The van der Waals surface area contributed by atoms with E-state index in [2.05, 4.69) is 15.0 Å². The van der Waals surface area contributed by atoms with Gasteiger partial charge in [0.15, 0.2) is 4.77 Å². The first-order chi connectivity index (χ1) is 8.49. The van der Waals surface area contributed by atoms with Crippen LogP contribution in [0.5, 0.6) is 0 Å². The Balaban J connectivity index is 2.47. The number of nitrogens with one attached hydrogen (secondary N) is 1. The van der Waals surface area contributed by atoms with E-state index in [-0.39, 0.29) is 16.3 Å². The number of aromatic nitrogens is 4. The molecule has 18 heavy (non-hydrogen) atoms. The summed E-state index contributed by atoms with van der Waals surface area (Å²) in [5.41, 5.74) is 12.3. The van der Waals surface area contributed by atoms with Crippen molar-refractivity contribution >= 4 is 23.7 Å². The minimum Gasteiger partial charge on any atom is -0.391 e. The molecule has 0 unspecified atom stereocenters. The molecule has 0 aliphatic heterocycles. The van der Waals surface area contributed by atoms with Crippen LogP contribution in [0, 0.1) is 11.7 Å². The van der Waals surface area contributed by atoms with Gasteiger partial charge in [0.2, 0.25) is 0 Å². The SMILES string of the molecule is Cc1cnc(Cn2c(N)c(N)c(=O)[nH]c2=S)cn1. The molecule has 94 valence electrons. The molecular weight excluding hydrogens is 252 g/mol. The second-order valence-electron chi connectivity index (χ2n) is 3.79. The summed E-state index contributed by atoms with van der Waals surface area (Å²) < 4.78 is 1.71. The highest BCUT2D eigenvalue weighted by Crippen LogP contribution is 2.10. The van der Waals surface area contributed by atoms with Gasteiger partial charge in [-0.1, -0.05) is 0 Å². The molecule has 8 heteroatoms. The third-order valence-electron chi connectivity index (χ3n) is 2.43. The predicted molar refractivity (Wildman–Crippen MR) is 70.6 cm³/mol. The van der Waals surface area contributed by atoms with Crippen LogP contribution in [0.4, 0.5) is 11.5 Å². The molecule has 0 atom stereocenters. The fraction of sp³-hybridized carbons (Fsp3) is 0.200. The van der Waals surface area contributed by atoms with Gasteiger partial charge in [0.25, 0.3) is 5.56 Å². The molecule has 0 aliphatic carbocycles. The van der Waals surface area contributed by atoms with Gasteiger partial charge in [-0.25, -0.2) is 0 Å². The first-order valence-corrected chi connectivity index (χ1v) is 5.55. The molecule has 0 saturated carbocycles. The topological polar surface area (TPSA) is 116 Å². The maximum absolute atomic E-state index is 11.3. The lowest BCUT2D eigenvalue weighted by Crippen LogP contribution is -2.22. The lowest BCUT2D eigenvalue weighted by Gasteiger charge is -2.11. The Hall–Kier alpha value is -2.22. The third kappa shape index (κ3) is 2.23. The number of hydrogen-bond acceptors (Lipinski definition) is 6. The van der Waals surface area contributed by atoms with Crippen molar-refractivity contribution in [1.29, 1.82) is 0 Å². The zero-order valence-corrected chi connectivity index (χ0v) is 10.5. The molecule has 5 N–H and O–H groups in total. The number of H-pyrrole nitrogens is 1. The Kier molecular flexibility index (Phi) is 3.11. The van der Waals surface area contributed by atoms with E-state index in [4.69, 9.17) is 23.7 Å². The molecule has 0 bridgehead atoms. The second kappa shape index (κ2) is 4.57. The molecule has 0 spiro atoms. The van der Waals surface area contributed by atoms with Gasteiger partial charge in [-0.05, 0) is 19.1 Å². The Morgan fingerprint density at radius 2 is 2.11 bits per heavy atom. The zero-order valence-electron chi connectivity index (χ0n) is 9.67. The van der Waals surface area contributed by atoms with Crippen molar-refractivity contribution in [2.24, 2.45) is 0 Å². The average molecular weight is 264 g/mol. The van der Waals surface area contributed by atoms with E-state index in [0.717, 1.165) is 5.69 Å². The van der Waals surface area contributed by atoms with Gasteiger partial charge in [0.1, 0.15) is 11.5 Å². The summed E-state index contributed by atoms with van der Waals surface area (Å²) in [7, 11) is 0. The number of rotatable bonds is 2. The maximum atomic E-state index is 11.3. The monoisotopic (exact) mass is 264 g/mol. The van der Waals surface area contributed by atoms with Crippen LogP contribution < -0.4 is 17.0 Å². The van der Waals surface area contributed by atoms with Crippen LogP contribution in [-0.2, 0) is 6.54 Å². The highest BCUT2D eigenvalue weighted by Gasteiger charge is 2.08. The lowest BCUT2D eigenvalue weighted by atomic mass is 10.4. The van der Waals surface area contributed by atoms with Crippen molar-refractivity contribution in [2.75, 3.05) is 11.5 Å². The minimum absolute atomic E-state index is 0.0522. The van der Waals surface area contributed by atoms with Crippen LogP contribution in [0.15, 0.2) is 17.2 Å². The molecule has 2 aromatic heterocycles. The largest absolute Gasteiger partial charge is 0.391 e. The van der Waals surface area contributed by atoms with Crippen molar-refractivity contribution in [3.63, 3.8) is 0 Å². The highest BCUT2D eigenvalue weighted by molar-refractivity contribution is 7.71. The van der Waals surface area contributed by atoms with Gasteiger partial charge < -0.3 is 11.5 Å². The standard InChI is InChI=1S/C10H12N6OS/c1-5-2-14-6(3-13-5)4-16-8(12)7(11)9(17)15-10(16)18/h2-3H,4,11-12H2,1H3,(H,15,17,18). The van der Waals surface area contributed by atoms with E-state index in [0.29, 0.717) is 12.2 Å². The van der Waals surface area contributed by atoms with Crippen LogP contribution in [-0.4, -0.2) is 19.5 Å². The van der Waals surface area contributed by atoms with E-state index in [1.807, 2.05) is 6.92 Å². The first kappa shape index (κ1) is 12.2. The molecule has 0 aromatic carbocycles. The van der Waals surface area contributed by atoms with E-state index in [1.165, 1.54) is 4.57 Å². The number of hydrogen-bond donors (Lipinski definition) is 3. The van der Waals surface area contributed by atoms with Crippen LogP contribution in [0.1, 0.15) is 11.4 Å². The molecule has 0 fully saturated rings. The normalized spacial score (nSPS) is 10.5. The summed E-state index contributed by atoms with van der Waals surface area (Å²) >= 11 is 5.04. The summed E-state index contributed by atoms with van der Waals surface area (Å²) in [4.78, 5) is 22.1. The Morgan fingerprint density at radius 3 is 2.72 bits per heavy atom. The van der Waals surface area contributed by atoms with Gasteiger partial charge in [0, 0.05) is 6.20 Å². The Morgan fingerprint density at radius 1 is 1.39 bits per heavy atom. The summed E-state index contributed by atoms with van der Waals surface area (Å²) in [6, 6.07) is 0. The van der Waals surface area contributed by atoms with Crippen molar-refractivity contribution in [3.05, 3.63) is 38.9 Å². The number of nitrogens with zero attached hydrogens (tertiary/aromatic N) is 3. The number of anilines is 2. The molecule has 7 nitrogen and oxygen atoms in total. The first-order valence-electron chi connectivity index (χ1n) is 5.14. The smallest absolute Gasteiger partial charge is 0.277 e. The van der Waals surface area contributed by atoms with Gasteiger partial charge in [-0.2, -0.15) is 0 Å². The predicted octanol–water partition coefficient (Wildman–Crippen LogP) is 0.217. The third-order valence-corrected chi connectivity index (χ3v) is 2.75. The second-order valence-corrected chi connectivity index (χ2v) is 4.18. The van der Waals surface area contributed by atoms with Crippen molar-refractivity contribution in [3.8, 4) is 0 Å². The van der Waals surface area contributed by atoms with E-state index in [1.54, 1.807) is 12.4 Å². The number of nitrogens with two attached hydrogens (primary N) is 2. The molecule has 0 amide bonds. The van der Waals surface area contributed by atoms with Crippen molar-refractivity contribution in [2.45, 2.75) is 13.5 Å². The fourth-order valence-electron chi connectivity index (χ4n) is 1.42. The van der Waals surface area contributed by atoms with Crippen LogP contribution >= 0.6 is 12.2 Å². The zero-order chi connectivity index (χ0) is 13.3. The highest BCUT2D eigenvalue weighted by atomic mass is 32.1. The number of aryl methyl sites for hydroxylation is 1. The van der Waals surface area contributed by atoms with Gasteiger partial charge in [-0.15, -0.1) is 0 Å². The number of aromatic amines is 1. The minimum atomic E-state index is -0.483. The van der Waals surface area contributed by atoms with Gasteiger partial charge >= 0.3 is 0 Å². The lowest BCUT2D eigenvalue weighted by molar-refractivity contribution is 0.735. The van der Waals surface area contributed by atoms with Crippen LogP contribution in [0.3, 0.4) is 0 Å². The van der Waals surface area contributed by atoms with E-state index < -0.39 is 5.56 Å². The summed E-state index contributed by atoms with van der Waals surface area (Å²) in [6.45, 7) is 2.15. The van der Waals surface area contributed by atoms with Gasteiger partial charge in [0.05, 0.1) is 24.1 Å². The Bertz CT molecular complexity index is 687. The molecular formula is C10H12N6OS. The fourth-order valence-corrected chi connectivity index (χ4v) is 1.68. The van der Waals surface area contributed by atoms with Gasteiger partial charge in [-0.3, -0.25) is 24.3 Å². The van der Waals surface area contributed by atoms with E-state index in [9.17, 15) is 4.79 Å². The average Bonchev–Trinajstić information content (AvgIpc) is 2.34. The molecule has 0 saturated heterocycles. The number of nitrogen functional groups attached to an aromatic ring is 2. The summed E-state index contributed by atoms with van der Waals surface area (Å²) in [6.07, 6.45) is 3.27. The molecule has 2 heterocycles. The molecule has 2 rings (SSSR count). The van der Waals surface area contributed by atoms with E-state index >= 15 is 0 Å². The van der Waals surface area contributed by atoms with Crippen LogP contribution in [0.2, 0.25) is 0 Å². The Labute approximate surface area is 108 Å². The van der Waals surface area contributed by atoms with Crippen molar-refractivity contribution in [1.82, 2.24) is 19.5 Å². The van der Waals surface area contributed by atoms with Crippen LogP contribution in [0.25, 0.3) is 0 Å². The summed E-state index contributed by atoms with van der Waals surface area (Å²) in [5.74, 6) is 0.131. The summed E-state index contributed by atoms with van der Waals surface area (Å²) in [5, 5.41) is 0. The molecule has 0 radical (unpaired) electrons. The maximum Gasteiger partial charge on any atom is 0.277 e. The van der Waals surface area contributed by atoms with Crippen molar-refractivity contribution < 1.29 is 0 Å². The molecule has 2 aromatic rings. The quantitative estimate of drug-likeness (QED) is 0.668.